The first kappa shape index (κ1) is 14.9. The van der Waals surface area contributed by atoms with Crippen LogP contribution in [0.4, 0.5) is 0 Å². The second-order valence-corrected chi connectivity index (χ2v) is 5.03. The highest BCUT2D eigenvalue weighted by Gasteiger charge is 2.16. The van der Waals surface area contributed by atoms with Gasteiger partial charge >= 0.3 is 0 Å². The van der Waals surface area contributed by atoms with Gasteiger partial charge in [0.15, 0.2) is 0 Å². The molecule has 4 nitrogen and oxygen atoms in total. The van der Waals surface area contributed by atoms with Crippen molar-refractivity contribution in [2.45, 2.75) is 13.5 Å². The first-order valence-electron chi connectivity index (χ1n) is 6.69. The fourth-order valence-corrected chi connectivity index (χ4v) is 2.06. The van der Waals surface area contributed by atoms with Gasteiger partial charge in [-0.15, -0.1) is 0 Å². The molecule has 0 fully saturated rings. The Labute approximate surface area is 124 Å². The molecule has 0 saturated carbocycles. The number of carbonyl (C=O) groups is 1. The predicted octanol–water partition coefficient (Wildman–Crippen LogP) is 2.98. The molecule has 1 N–H and O–H groups in total. The maximum absolute atomic E-state index is 12.4. The van der Waals surface area contributed by atoms with Gasteiger partial charge in [-0.1, -0.05) is 29.8 Å². The molecule has 110 valence electrons. The third-order valence-electron chi connectivity index (χ3n) is 3.32. The van der Waals surface area contributed by atoms with Crippen molar-refractivity contribution in [1.82, 2.24) is 4.90 Å². The Balaban J connectivity index is 2.13. The average Bonchev–Trinajstić information content (AvgIpc) is 2.48. The summed E-state index contributed by atoms with van der Waals surface area (Å²) in [5.74, 6) is 0.219. The number of hydrogen-bond donors (Lipinski definition) is 1. The molecule has 2 aromatic rings. The monoisotopic (exact) mass is 285 g/mol. The summed E-state index contributed by atoms with van der Waals surface area (Å²) in [5.41, 5.74) is 2.50. The van der Waals surface area contributed by atoms with Crippen molar-refractivity contribution >= 4 is 5.91 Å². The van der Waals surface area contributed by atoms with E-state index in [1.54, 1.807) is 24.1 Å². The van der Waals surface area contributed by atoms with Gasteiger partial charge < -0.3 is 14.7 Å². The van der Waals surface area contributed by atoms with Gasteiger partial charge in [-0.05, 0) is 24.6 Å². The van der Waals surface area contributed by atoms with Crippen LogP contribution in [0.25, 0.3) is 0 Å². The number of aryl methyl sites for hydroxylation is 1. The zero-order valence-electron chi connectivity index (χ0n) is 12.5. The molecule has 1 amide bonds. The van der Waals surface area contributed by atoms with Crippen LogP contribution in [0.3, 0.4) is 0 Å². The Hall–Kier alpha value is -2.49. The van der Waals surface area contributed by atoms with Gasteiger partial charge in [0.1, 0.15) is 11.5 Å². The second-order valence-electron chi connectivity index (χ2n) is 5.03. The fourth-order valence-electron chi connectivity index (χ4n) is 2.06. The van der Waals surface area contributed by atoms with E-state index in [0.717, 1.165) is 5.56 Å². The summed E-state index contributed by atoms with van der Waals surface area (Å²) in [5, 5.41) is 9.92. The van der Waals surface area contributed by atoms with Gasteiger partial charge in [-0.25, -0.2) is 0 Å². The van der Waals surface area contributed by atoms with Crippen molar-refractivity contribution in [2.75, 3.05) is 14.2 Å². The predicted molar refractivity (Wildman–Crippen MR) is 81.6 cm³/mol. The lowest BCUT2D eigenvalue weighted by atomic mass is 10.1. The maximum atomic E-state index is 12.4. The summed E-state index contributed by atoms with van der Waals surface area (Å²) in [6, 6.07) is 12.7. The smallest absolute Gasteiger partial charge is 0.257 e. The molecule has 0 unspecified atom stereocenters. The van der Waals surface area contributed by atoms with E-state index in [4.69, 9.17) is 4.74 Å². The summed E-state index contributed by atoms with van der Waals surface area (Å²) in [6.45, 7) is 2.51. The van der Waals surface area contributed by atoms with Gasteiger partial charge in [0, 0.05) is 19.7 Å². The number of carbonyl (C=O) groups excluding carboxylic acids is 1. The Kier molecular flexibility index (Phi) is 4.48. The average molecular weight is 285 g/mol. The SMILES string of the molecule is COc1ccc(C(=O)N(C)Cc2ccc(C)cc2)c(O)c1. The topological polar surface area (TPSA) is 49.8 Å². The van der Waals surface area contributed by atoms with E-state index in [0.29, 0.717) is 12.3 Å². The highest BCUT2D eigenvalue weighted by Crippen LogP contribution is 2.24. The zero-order valence-corrected chi connectivity index (χ0v) is 12.5. The standard InChI is InChI=1S/C17H19NO3/c1-12-4-6-13(7-5-12)11-18(2)17(20)15-9-8-14(21-3)10-16(15)19/h4-10,19H,11H2,1-3H3. The van der Waals surface area contributed by atoms with Crippen LogP contribution >= 0.6 is 0 Å². The third kappa shape index (κ3) is 3.54. The van der Waals surface area contributed by atoms with Gasteiger partial charge in [-0.2, -0.15) is 0 Å². The number of rotatable bonds is 4. The third-order valence-corrected chi connectivity index (χ3v) is 3.32. The molecule has 4 heteroatoms. The van der Waals surface area contributed by atoms with E-state index in [-0.39, 0.29) is 17.2 Å². The number of methoxy groups -OCH3 is 1. The largest absolute Gasteiger partial charge is 0.507 e. The summed E-state index contributed by atoms with van der Waals surface area (Å²) in [6.07, 6.45) is 0. The van der Waals surface area contributed by atoms with Crippen molar-refractivity contribution < 1.29 is 14.6 Å². The molecule has 0 atom stereocenters. The minimum atomic E-state index is -0.226. The van der Waals surface area contributed by atoms with E-state index in [9.17, 15) is 9.90 Å². The quantitative estimate of drug-likeness (QED) is 0.939. The Morgan fingerprint density at radius 1 is 1.19 bits per heavy atom. The molecule has 0 saturated heterocycles. The molecular formula is C17H19NO3. The van der Waals surface area contributed by atoms with Gasteiger partial charge in [-0.3, -0.25) is 4.79 Å². The van der Waals surface area contributed by atoms with Crippen LogP contribution in [0.2, 0.25) is 0 Å². The molecule has 21 heavy (non-hydrogen) atoms. The number of nitrogens with zero attached hydrogens (tertiary/aromatic N) is 1. The molecule has 0 aromatic heterocycles. The molecule has 0 bridgehead atoms. The molecule has 0 heterocycles. The van der Waals surface area contributed by atoms with Gasteiger partial charge in [0.2, 0.25) is 0 Å². The first-order chi connectivity index (χ1) is 10.0. The number of hydrogen-bond acceptors (Lipinski definition) is 3. The van der Waals surface area contributed by atoms with Crippen LogP contribution in [-0.2, 0) is 6.54 Å². The van der Waals surface area contributed by atoms with Crippen LogP contribution in [-0.4, -0.2) is 30.1 Å². The number of amides is 1. The highest BCUT2D eigenvalue weighted by atomic mass is 16.5. The van der Waals surface area contributed by atoms with Crippen molar-refractivity contribution in [2.24, 2.45) is 0 Å². The fraction of sp³-hybridized carbons (Fsp3) is 0.235. The van der Waals surface area contributed by atoms with Crippen molar-refractivity contribution in [3.63, 3.8) is 0 Å². The van der Waals surface area contributed by atoms with E-state index >= 15 is 0 Å². The number of aromatic hydroxyl groups is 1. The Morgan fingerprint density at radius 3 is 2.43 bits per heavy atom. The number of phenols is 1. The van der Waals surface area contributed by atoms with Crippen LogP contribution in [0.15, 0.2) is 42.5 Å². The molecule has 0 spiro atoms. The Bertz CT molecular complexity index is 635. The minimum absolute atomic E-state index is 0.0740. The lowest BCUT2D eigenvalue weighted by Crippen LogP contribution is -2.26. The van der Waals surface area contributed by atoms with E-state index in [2.05, 4.69) is 0 Å². The normalized spacial score (nSPS) is 10.2. The summed E-state index contributed by atoms with van der Waals surface area (Å²) in [4.78, 5) is 13.9. The van der Waals surface area contributed by atoms with Crippen molar-refractivity contribution in [3.05, 3.63) is 59.2 Å². The number of benzene rings is 2. The lowest BCUT2D eigenvalue weighted by molar-refractivity contribution is 0.0782. The summed E-state index contributed by atoms with van der Waals surface area (Å²) in [7, 11) is 3.23. The first-order valence-corrected chi connectivity index (χ1v) is 6.69. The van der Waals surface area contributed by atoms with Gasteiger partial charge in [0.05, 0.1) is 12.7 Å². The molecule has 2 aromatic carbocycles. The molecule has 0 aliphatic heterocycles. The van der Waals surface area contributed by atoms with E-state index < -0.39 is 0 Å². The number of phenolic OH excluding ortho intramolecular Hbond substituents is 1. The Morgan fingerprint density at radius 2 is 1.86 bits per heavy atom. The van der Waals surface area contributed by atoms with Crippen LogP contribution < -0.4 is 4.74 Å². The van der Waals surface area contributed by atoms with E-state index in [1.165, 1.54) is 18.7 Å². The second kappa shape index (κ2) is 6.31. The molecule has 0 aliphatic carbocycles. The molecule has 2 rings (SSSR count). The molecule has 0 radical (unpaired) electrons. The highest BCUT2D eigenvalue weighted by molar-refractivity contribution is 5.96. The van der Waals surface area contributed by atoms with Crippen molar-refractivity contribution in [3.8, 4) is 11.5 Å². The van der Waals surface area contributed by atoms with Crippen LogP contribution in [0, 0.1) is 6.92 Å². The maximum Gasteiger partial charge on any atom is 0.257 e. The summed E-state index contributed by atoms with van der Waals surface area (Å²) >= 11 is 0. The van der Waals surface area contributed by atoms with Crippen LogP contribution in [0.5, 0.6) is 11.5 Å². The van der Waals surface area contributed by atoms with Crippen LogP contribution in [0.1, 0.15) is 21.5 Å². The number of ether oxygens (including phenoxy) is 1. The van der Waals surface area contributed by atoms with E-state index in [1.807, 2.05) is 31.2 Å². The molecule has 0 aliphatic rings. The lowest BCUT2D eigenvalue weighted by Gasteiger charge is -2.18. The zero-order chi connectivity index (χ0) is 15.4. The minimum Gasteiger partial charge on any atom is -0.507 e. The van der Waals surface area contributed by atoms with Gasteiger partial charge in [0.25, 0.3) is 5.91 Å². The molecular weight excluding hydrogens is 266 g/mol. The van der Waals surface area contributed by atoms with Crippen molar-refractivity contribution in [1.29, 1.82) is 0 Å². The summed E-state index contributed by atoms with van der Waals surface area (Å²) < 4.78 is 5.01.